The molecule has 1 aromatic heterocycles. The van der Waals surface area contributed by atoms with Crippen molar-refractivity contribution >= 4 is 17.7 Å². The molecule has 2 aromatic carbocycles. The third-order valence-corrected chi connectivity index (χ3v) is 4.22. The molecule has 0 radical (unpaired) electrons. The number of esters is 1. The maximum atomic E-state index is 13.2. The maximum Gasteiger partial charge on any atom is 0.347 e. The predicted molar refractivity (Wildman–Crippen MR) is 111 cm³/mol. The Balaban J connectivity index is 1.55. The lowest BCUT2D eigenvalue weighted by molar-refractivity contribution is -0.153. The number of aromatic nitrogens is 2. The molecule has 31 heavy (non-hydrogen) atoms. The van der Waals surface area contributed by atoms with Gasteiger partial charge in [0.2, 0.25) is 0 Å². The van der Waals surface area contributed by atoms with Crippen molar-refractivity contribution in [2.24, 2.45) is 0 Å². The summed E-state index contributed by atoms with van der Waals surface area (Å²) in [4.78, 5) is 24.4. The minimum Gasteiger partial charge on any atom is -0.497 e. The lowest BCUT2D eigenvalue weighted by Crippen LogP contribution is -2.30. The predicted octanol–water partition coefficient (Wildman–Crippen LogP) is 3.28. The highest BCUT2D eigenvalue weighted by molar-refractivity contribution is 5.92. The van der Waals surface area contributed by atoms with Gasteiger partial charge in [0, 0.05) is 6.07 Å². The van der Waals surface area contributed by atoms with E-state index in [2.05, 4.69) is 10.4 Å². The number of nitrogens with zero attached hydrogens (tertiary/aromatic N) is 2. The summed E-state index contributed by atoms with van der Waals surface area (Å²) >= 11 is 0. The summed E-state index contributed by atoms with van der Waals surface area (Å²) in [5, 5.41) is 6.93. The third kappa shape index (κ3) is 5.81. The van der Waals surface area contributed by atoms with Crippen molar-refractivity contribution in [1.29, 1.82) is 0 Å². The summed E-state index contributed by atoms with van der Waals surface area (Å²) in [6.07, 6.45) is -0.909. The van der Waals surface area contributed by atoms with Gasteiger partial charge in [0.05, 0.1) is 18.5 Å². The molecule has 9 heteroatoms. The van der Waals surface area contributed by atoms with Gasteiger partial charge in [-0.25, -0.2) is 13.9 Å². The summed E-state index contributed by atoms with van der Waals surface area (Å²) in [5.41, 5.74) is 1.22. The molecule has 1 amide bonds. The molecule has 1 N–H and O–H groups in total. The van der Waals surface area contributed by atoms with Gasteiger partial charge < -0.3 is 19.5 Å². The van der Waals surface area contributed by atoms with E-state index >= 15 is 0 Å². The number of hydrogen-bond donors (Lipinski definition) is 1. The van der Waals surface area contributed by atoms with Crippen LogP contribution in [0.1, 0.15) is 12.6 Å². The lowest BCUT2D eigenvalue weighted by atomic mass is 10.3. The number of hydrogen-bond acceptors (Lipinski definition) is 6. The molecular formula is C22H22FN3O5. The van der Waals surface area contributed by atoms with Crippen LogP contribution in [0.4, 0.5) is 10.2 Å². The summed E-state index contributed by atoms with van der Waals surface area (Å²) in [7, 11) is 1.55. The fourth-order valence-electron chi connectivity index (χ4n) is 2.71. The summed E-state index contributed by atoms with van der Waals surface area (Å²) < 4.78 is 30.2. The molecule has 0 spiro atoms. The lowest BCUT2D eigenvalue weighted by Gasteiger charge is -2.14. The van der Waals surface area contributed by atoms with Crippen LogP contribution in [0, 0.1) is 12.7 Å². The van der Waals surface area contributed by atoms with E-state index in [9.17, 15) is 14.0 Å². The number of anilines is 1. The van der Waals surface area contributed by atoms with Gasteiger partial charge in [0.25, 0.3) is 5.91 Å². The van der Waals surface area contributed by atoms with Crippen molar-refractivity contribution in [1.82, 2.24) is 9.78 Å². The molecule has 0 aliphatic rings. The molecule has 0 aliphatic carbocycles. The highest BCUT2D eigenvalue weighted by Crippen LogP contribution is 2.19. The van der Waals surface area contributed by atoms with Crippen LogP contribution in [-0.4, -0.2) is 41.5 Å². The van der Waals surface area contributed by atoms with E-state index < -0.39 is 24.6 Å². The molecular weight excluding hydrogens is 405 g/mol. The number of carbonyl (C=O) groups excluding carboxylic acids is 2. The van der Waals surface area contributed by atoms with Crippen LogP contribution in [0.3, 0.4) is 0 Å². The summed E-state index contributed by atoms with van der Waals surface area (Å²) in [6, 6.07) is 14.0. The van der Waals surface area contributed by atoms with E-state index in [4.69, 9.17) is 14.2 Å². The van der Waals surface area contributed by atoms with E-state index in [1.54, 1.807) is 44.4 Å². The zero-order valence-corrected chi connectivity index (χ0v) is 17.3. The molecule has 0 aliphatic heterocycles. The second-order valence-corrected chi connectivity index (χ2v) is 6.65. The van der Waals surface area contributed by atoms with Gasteiger partial charge in [-0.15, -0.1) is 0 Å². The smallest absolute Gasteiger partial charge is 0.347 e. The van der Waals surface area contributed by atoms with Gasteiger partial charge in [-0.2, -0.15) is 5.10 Å². The SMILES string of the molecule is COc1ccc(OC(C)C(=O)OCC(=O)Nc2cc(C)nn2-c2ccc(F)cc2)cc1. The summed E-state index contributed by atoms with van der Waals surface area (Å²) in [5.74, 6) is -0.117. The average molecular weight is 427 g/mol. The minimum absolute atomic E-state index is 0.368. The van der Waals surface area contributed by atoms with Crippen LogP contribution in [-0.2, 0) is 14.3 Å². The number of amides is 1. The molecule has 0 fully saturated rings. The molecule has 162 valence electrons. The van der Waals surface area contributed by atoms with Crippen molar-refractivity contribution in [2.75, 3.05) is 19.0 Å². The Morgan fingerprint density at radius 2 is 1.74 bits per heavy atom. The Kier molecular flexibility index (Phi) is 6.86. The standard InChI is InChI=1S/C22H22FN3O5/c1-14-12-20(26(25-14)17-6-4-16(23)5-7-17)24-21(27)13-30-22(28)15(2)31-19-10-8-18(29-3)9-11-19/h4-12,15H,13H2,1-3H3,(H,24,27). The molecule has 0 bridgehead atoms. The fraction of sp³-hybridized carbons (Fsp3) is 0.227. The van der Waals surface area contributed by atoms with Gasteiger partial charge in [-0.3, -0.25) is 4.79 Å². The molecule has 1 unspecified atom stereocenters. The van der Waals surface area contributed by atoms with Crippen molar-refractivity contribution in [3.63, 3.8) is 0 Å². The molecule has 0 saturated carbocycles. The number of halogens is 1. The normalized spacial score (nSPS) is 11.5. The van der Waals surface area contributed by atoms with Gasteiger partial charge >= 0.3 is 5.97 Å². The van der Waals surface area contributed by atoms with Crippen LogP contribution in [0.25, 0.3) is 5.69 Å². The van der Waals surface area contributed by atoms with Gasteiger partial charge in [-0.1, -0.05) is 0 Å². The van der Waals surface area contributed by atoms with Crippen molar-refractivity contribution in [3.05, 3.63) is 66.1 Å². The average Bonchev–Trinajstić information content (AvgIpc) is 3.12. The zero-order chi connectivity index (χ0) is 22.4. The first-order valence-corrected chi connectivity index (χ1v) is 9.45. The monoisotopic (exact) mass is 427 g/mol. The molecule has 3 aromatic rings. The Labute approximate surface area is 178 Å². The minimum atomic E-state index is -0.909. The van der Waals surface area contributed by atoms with Crippen LogP contribution < -0.4 is 14.8 Å². The van der Waals surface area contributed by atoms with Crippen molar-refractivity contribution in [3.8, 4) is 17.2 Å². The Morgan fingerprint density at radius 3 is 2.39 bits per heavy atom. The highest BCUT2D eigenvalue weighted by Gasteiger charge is 2.19. The van der Waals surface area contributed by atoms with E-state index in [1.807, 2.05) is 0 Å². The molecule has 8 nitrogen and oxygen atoms in total. The highest BCUT2D eigenvalue weighted by atomic mass is 19.1. The molecule has 3 rings (SSSR count). The first-order chi connectivity index (χ1) is 14.9. The number of aryl methyl sites for hydroxylation is 1. The largest absolute Gasteiger partial charge is 0.497 e. The topological polar surface area (TPSA) is 91.7 Å². The Hall–Kier alpha value is -3.88. The Morgan fingerprint density at radius 1 is 1.10 bits per heavy atom. The maximum absolute atomic E-state index is 13.2. The third-order valence-electron chi connectivity index (χ3n) is 4.22. The first-order valence-electron chi connectivity index (χ1n) is 9.45. The number of benzene rings is 2. The number of carbonyl (C=O) groups is 2. The molecule has 1 heterocycles. The zero-order valence-electron chi connectivity index (χ0n) is 17.3. The van der Waals surface area contributed by atoms with E-state index in [0.29, 0.717) is 28.7 Å². The number of ether oxygens (including phenoxy) is 3. The van der Waals surface area contributed by atoms with E-state index in [1.165, 1.54) is 35.9 Å². The van der Waals surface area contributed by atoms with Crippen LogP contribution >= 0.6 is 0 Å². The number of rotatable bonds is 8. The van der Waals surface area contributed by atoms with E-state index in [-0.39, 0.29) is 5.82 Å². The second-order valence-electron chi connectivity index (χ2n) is 6.65. The molecule has 1 atom stereocenters. The summed E-state index contributed by atoms with van der Waals surface area (Å²) in [6.45, 7) is 2.79. The number of nitrogens with one attached hydrogen (secondary N) is 1. The van der Waals surface area contributed by atoms with Gasteiger partial charge in [0.1, 0.15) is 23.1 Å². The second kappa shape index (κ2) is 9.75. The van der Waals surface area contributed by atoms with Crippen LogP contribution in [0.2, 0.25) is 0 Å². The van der Waals surface area contributed by atoms with Crippen molar-refractivity contribution < 1.29 is 28.2 Å². The first kappa shape index (κ1) is 21.8. The van der Waals surface area contributed by atoms with Crippen molar-refractivity contribution in [2.45, 2.75) is 20.0 Å². The molecule has 0 saturated heterocycles. The van der Waals surface area contributed by atoms with Crippen LogP contribution in [0.5, 0.6) is 11.5 Å². The van der Waals surface area contributed by atoms with Gasteiger partial charge in [0.15, 0.2) is 12.7 Å². The quantitative estimate of drug-likeness (QED) is 0.555. The van der Waals surface area contributed by atoms with Gasteiger partial charge in [-0.05, 0) is 62.4 Å². The van der Waals surface area contributed by atoms with E-state index in [0.717, 1.165) is 0 Å². The number of methoxy groups -OCH3 is 1. The fourth-order valence-corrected chi connectivity index (χ4v) is 2.71. The van der Waals surface area contributed by atoms with Crippen LogP contribution in [0.15, 0.2) is 54.6 Å². The Bertz CT molecular complexity index is 1050.